The van der Waals surface area contributed by atoms with Crippen molar-refractivity contribution in [2.75, 3.05) is 13.1 Å². The molecule has 2 aromatic rings. The normalized spacial score (nSPS) is 18.4. The summed E-state index contributed by atoms with van der Waals surface area (Å²) in [7, 11) is 0. The van der Waals surface area contributed by atoms with Crippen LogP contribution < -0.4 is 0 Å². The minimum Gasteiger partial charge on any atom is -0.390 e. The van der Waals surface area contributed by atoms with E-state index in [4.69, 9.17) is 4.52 Å². The van der Waals surface area contributed by atoms with Crippen LogP contribution in [0.25, 0.3) is 11.3 Å². The third-order valence-electron chi connectivity index (χ3n) is 5.14. The van der Waals surface area contributed by atoms with Gasteiger partial charge in [-0.2, -0.15) is 0 Å². The topological polar surface area (TPSA) is 66.6 Å². The van der Waals surface area contributed by atoms with Crippen LogP contribution >= 0.6 is 0 Å². The zero-order chi connectivity index (χ0) is 18.2. The molecule has 5 nitrogen and oxygen atoms in total. The molecule has 1 saturated heterocycles. The first kappa shape index (κ1) is 17.7. The highest BCUT2D eigenvalue weighted by atomic mass is 16.5. The number of carbonyl (C=O) groups excluding carboxylic acids is 1. The molecule has 1 aromatic carbocycles. The van der Waals surface area contributed by atoms with Gasteiger partial charge in [-0.15, -0.1) is 0 Å². The molecule has 1 aliphatic rings. The van der Waals surface area contributed by atoms with Crippen molar-refractivity contribution in [2.45, 2.75) is 46.1 Å². The summed E-state index contributed by atoms with van der Waals surface area (Å²) in [6.07, 6.45) is 3.26. The molecule has 3 rings (SSSR count). The van der Waals surface area contributed by atoms with Crippen molar-refractivity contribution in [3.8, 4) is 11.3 Å². The summed E-state index contributed by atoms with van der Waals surface area (Å²) < 4.78 is 5.14. The van der Waals surface area contributed by atoms with E-state index in [9.17, 15) is 9.90 Å². The van der Waals surface area contributed by atoms with Gasteiger partial charge < -0.3 is 14.5 Å². The predicted octanol–water partition coefficient (Wildman–Crippen LogP) is 3.58. The van der Waals surface area contributed by atoms with Gasteiger partial charge in [-0.25, -0.2) is 0 Å². The molecule has 1 fully saturated rings. The number of nitrogens with zero attached hydrogens (tertiary/aromatic N) is 2. The van der Waals surface area contributed by atoms with Gasteiger partial charge in [0.1, 0.15) is 17.5 Å². The summed E-state index contributed by atoms with van der Waals surface area (Å²) in [5.41, 5.74) is 3.44. The number of aliphatic hydroxyl groups is 1. The van der Waals surface area contributed by atoms with Crippen LogP contribution in [0.4, 0.5) is 0 Å². The van der Waals surface area contributed by atoms with E-state index in [2.05, 4.69) is 11.2 Å². The van der Waals surface area contributed by atoms with Crippen molar-refractivity contribution in [3.05, 3.63) is 41.2 Å². The molecule has 1 amide bonds. The maximum atomic E-state index is 13.1. The number of hydrogen-bond acceptors (Lipinski definition) is 4. The average molecular weight is 342 g/mol. The van der Waals surface area contributed by atoms with Gasteiger partial charge in [0.2, 0.25) is 0 Å². The van der Waals surface area contributed by atoms with Gasteiger partial charge in [-0.1, -0.05) is 28.9 Å². The number of benzene rings is 1. The van der Waals surface area contributed by atoms with Crippen LogP contribution in [0.1, 0.15) is 48.2 Å². The van der Waals surface area contributed by atoms with Gasteiger partial charge in [0, 0.05) is 24.6 Å². The van der Waals surface area contributed by atoms with E-state index in [1.54, 1.807) is 0 Å². The number of piperidine rings is 1. The monoisotopic (exact) mass is 342 g/mol. The number of hydrogen-bond donors (Lipinski definition) is 1. The molecule has 0 aliphatic carbocycles. The number of rotatable bonds is 3. The van der Waals surface area contributed by atoms with Crippen LogP contribution in [0.2, 0.25) is 0 Å². The highest BCUT2D eigenvalue weighted by Crippen LogP contribution is 2.31. The summed E-state index contributed by atoms with van der Waals surface area (Å²) in [4.78, 5) is 14.9. The molecule has 25 heavy (non-hydrogen) atoms. The zero-order valence-corrected chi connectivity index (χ0v) is 15.4. The summed E-state index contributed by atoms with van der Waals surface area (Å²) >= 11 is 0. The van der Waals surface area contributed by atoms with Crippen LogP contribution in [0, 0.1) is 19.8 Å². The molecule has 0 unspecified atom stereocenters. The number of likely N-dealkylation sites (tertiary alicyclic amines) is 1. The predicted molar refractivity (Wildman–Crippen MR) is 96.3 cm³/mol. The first-order valence-corrected chi connectivity index (χ1v) is 8.81. The molecular formula is C20H26N2O3. The first-order chi connectivity index (χ1) is 11.8. The van der Waals surface area contributed by atoms with Crippen LogP contribution in [-0.2, 0) is 0 Å². The zero-order valence-electron chi connectivity index (χ0n) is 15.4. The lowest BCUT2D eigenvalue weighted by atomic mass is 9.84. The lowest BCUT2D eigenvalue weighted by Crippen LogP contribution is -2.47. The maximum absolute atomic E-state index is 13.1. The molecule has 134 valence electrons. The van der Waals surface area contributed by atoms with E-state index in [1.165, 1.54) is 11.8 Å². The molecular weight excluding hydrogens is 316 g/mol. The number of carbonyl (C=O) groups is 1. The van der Waals surface area contributed by atoms with E-state index >= 15 is 0 Å². The Hall–Kier alpha value is -2.14. The molecule has 2 heterocycles. The van der Waals surface area contributed by atoms with Gasteiger partial charge in [0.25, 0.3) is 5.91 Å². The summed E-state index contributed by atoms with van der Waals surface area (Å²) in [6, 6.07) is 6.06. The van der Waals surface area contributed by atoms with E-state index < -0.39 is 5.60 Å². The fraction of sp³-hybridized carbons (Fsp3) is 0.500. The second-order valence-corrected chi connectivity index (χ2v) is 7.64. The lowest BCUT2D eigenvalue weighted by molar-refractivity contribution is -0.0146. The van der Waals surface area contributed by atoms with Crippen LogP contribution in [0.5, 0.6) is 0 Å². The minimum absolute atomic E-state index is 0.0784. The molecule has 1 atom stereocenters. The van der Waals surface area contributed by atoms with E-state index in [-0.39, 0.29) is 11.8 Å². The Bertz CT molecular complexity index is 773. The fourth-order valence-electron chi connectivity index (χ4n) is 3.57. The van der Waals surface area contributed by atoms with Crippen molar-refractivity contribution in [1.82, 2.24) is 10.1 Å². The Balaban J connectivity index is 1.88. The van der Waals surface area contributed by atoms with Crippen LogP contribution in [-0.4, -0.2) is 39.8 Å². The highest BCUT2D eigenvalue weighted by Gasteiger charge is 2.34. The van der Waals surface area contributed by atoms with E-state index in [0.29, 0.717) is 24.3 Å². The molecule has 1 aromatic heterocycles. The van der Waals surface area contributed by atoms with Crippen LogP contribution in [0.15, 0.2) is 29.0 Å². The average Bonchev–Trinajstić information content (AvgIpc) is 3.03. The second kappa shape index (κ2) is 6.64. The Kier molecular flexibility index (Phi) is 4.69. The molecule has 0 bridgehead atoms. The largest absolute Gasteiger partial charge is 0.390 e. The summed E-state index contributed by atoms with van der Waals surface area (Å²) in [5, 5.41) is 14.4. The SMILES string of the molecule is Cc1ccc(-c2nocc2C(=O)N2CCC[C@@H](C(C)(C)O)C2)c(C)c1. The first-order valence-electron chi connectivity index (χ1n) is 8.81. The van der Waals surface area contributed by atoms with E-state index in [0.717, 1.165) is 24.0 Å². The Morgan fingerprint density at radius 2 is 2.12 bits per heavy atom. The van der Waals surface area contributed by atoms with Gasteiger partial charge in [-0.3, -0.25) is 4.79 Å². The Labute approximate surface area is 148 Å². The molecule has 0 radical (unpaired) electrons. The quantitative estimate of drug-likeness (QED) is 0.926. The molecule has 1 aliphatic heterocycles. The van der Waals surface area contributed by atoms with Crippen molar-refractivity contribution in [1.29, 1.82) is 0 Å². The third kappa shape index (κ3) is 3.61. The van der Waals surface area contributed by atoms with Gasteiger partial charge >= 0.3 is 0 Å². The second-order valence-electron chi connectivity index (χ2n) is 7.64. The number of aryl methyl sites for hydroxylation is 2. The van der Waals surface area contributed by atoms with Crippen molar-refractivity contribution >= 4 is 5.91 Å². The highest BCUT2D eigenvalue weighted by molar-refractivity contribution is 5.99. The standard InChI is InChI=1S/C20H26N2O3/c1-13-7-8-16(14(2)10-13)18-17(12-25-21-18)19(23)22-9-5-6-15(11-22)20(3,4)24/h7-8,10,12,15,24H,5-6,9,11H2,1-4H3/t15-/m1/s1. The van der Waals surface area contributed by atoms with Crippen LogP contribution in [0.3, 0.4) is 0 Å². The third-order valence-corrected chi connectivity index (χ3v) is 5.14. The smallest absolute Gasteiger partial charge is 0.259 e. The fourth-order valence-corrected chi connectivity index (χ4v) is 3.57. The Morgan fingerprint density at radius 3 is 2.80 bits per heavy atom. The van der Waals surface area contributed by atoms with Crippen molar-refractivity contribution in [2.24, 2.45) is 5.92 Å². The number of amides is 1. The molecule has 0 saturated carbocycles. The summed E-state index contributed by atoms with van der Waals surface area (Å²) in [6.45, 7) is 8.92. The molecule has 0 spiro atoms. The van der Waals surface area contributed by atoms with Gasteiger partial charge in [0.05, 0.1) is 5.60 Å². The minimum atomic E-state index is -0.788. The van der Waals surface area contributed by atoms with E-state index in [1.807, 2.05) is 44.7 Å². The molecule has 1 N–H and O–H groups in total. The van der Waals surface area contributed by atoms with Crippen molar-refractivity contribution in [3.63, 3.8) is 0 Å². The molecule has 5 heteroatoms. The van der Waals surface area contributed by atoms with Gasteiger partial charge in [-0.05, 0) is 46.1 Å². The number of aromatic nitrogens is 1. The van der Waals surface area contributed by atoms with Crippen molar-refractivity contribution < 1.29 is 14.4 Å². The Morgan fingerprint density at radius 1 is 1.36 bits per heavy atom. The summed E-state index contributed by atoms with van der Waals surface area (Å²) in [5.74, 6) is -0.000189. The maximum Gasteiger partial charge on any atom is 0.259 e. The lowest BCUT2D eigenvalue weighted by Gasteiger charge is -2.38. The van der Waals surface area contributed by atoms with Gasteiger partial charge in [0.15, 0.2) is 0 Å².